The van der Waals surface area contributed by atoms with Crippen LogP contribution in [0.25, 0.3) is 0 Å². The Morgan fingerprint density at radius 2 is 1.96 bits per heavy atom. The summed E-state index contributed by atoms with van der Waals surface area (Å²) in [7, 11) is 1.60. The highest BCUT2D eigenvalue weighted by Crippen LogP contribution is 2.08. The van der Waals surface area contributed by atoms with E-state index in [9.17, 15) is 4.79 Å². The first kappa shape index (κ1) is 17.9. The Kier molecular flexibility index (Phi) is 7.17. The van der Waals surface area contributed by atoms with Crippen LogP contribution in [0.5, 0.6) is 0 Å². The molecule has 6 heteroatoms. The van der Waals surface area contributed by atoms with Gasteiger partial charge in [0.05, 0.1) is 6.61 Å². The van der Waals surface area contributed by atoms with Crippen molar-refractivity contribution < 1.29 is 9.53 Å². The molecule has 2 N–H and O–H groups in total. The standard InChI is InChI=1S/C18H24N4O2/c1-14-21-16(18(23)20-11-12-24-2)13-17(22-14)19-10-6-9-15-7-4-3-5-8-15/h3-5,7-8,13H,6,9-12H2,1-2H3,(H,20,23)(H,19,21,22). The highest BCUT2D eigenvalue weighted by Gasteiger charge is 2.09. The predicted octanol–water partition coefficient (Wildman–Crippen LogP) is 2.21. The quantitative estimate of drug-likeness (QED) is 0.690. The SMILES string of the molecule is COCCNC(=O)c1cc(NCCCc2ccccc2)nc(C)n1. The molecule has 1 aromatic carbocycles. The van der Waals surface area contributed by atoms with Gasteiger partial charge in [-0.3, -0.25) is 4.79 Å². The van der Waals surface area contributed by atoms with Crippen molar-refractivity contribution in [3.63, 3.8) is 0 Å². The maximum Gasteiger partial charge on any atom is 0.270 e. The number of anilines is 1. The molecule has 0 saturated carbocycles. The van der Waals surface area contributed by atoms with E-state index in [1.54, 1.807) is 20.1 Å². The van der Waals surface area contributed by atoms with Crippen LogP contribution in [0.15, 0.2) is 36.4 Å². The Labute approximate surface area is 142 Å². The lowest BCUT2D eigenvalue weighted by Crippen LogP contribution is -2.28. The Morgan fingerprint density at radius 3 is 2.71 bits per heavy atom. The second-order valence-electron chi connectivity index (χ2n) is 5.45. The number of carbonyl (C=O) groups is 1. The summed E-state index contributed by atoms with van der Waals surface area (Å²) in [6.45, 7) is 3.50. The minimum absolute atomic E-state index is 0.218. The molecule has 0 aliphatic rings. The van der Waals surface area contributed by atoms with Crippen LogP contribution >= 0.6 is 0 Å². The normalized spacial score (nSPS) is 10.4. The zero-order valence-corrected chi connectivity index (χ0v) is 14.2. The zero-order valence-electron chi connectivity index (χ0n) is 14.2. The highest BCUT2D eigenvalue weighted by atomic mass is 16.5. The number of aryl methyl sites for hydroxylation is 2. The number of nitrogens with one attached hydrogen (secondary N) is 2. The van der Waals surface area contributed by atoms with Crippen molar-refractivity contribution in [3.05, 3.63) is 53.5 Å². The fourth-order valence-corrected chi connectivity index (χ4v) is 2.29. The molecule has 0 bridgehead atoms. The molecule has 128 valence electrons. The van der Waals surface area contributed by atoms with Gasteiger partial charge in [-0.25, -0.2) is 9.97 Å². The molecule has 2 rings (SSSR count). The predicted molar refractivity (Wildman–Crippen MR) is 94.2 cm³/mol. The van der Waals surface area contributed by atoms with E-state index in [1.807, 2.05) is 18.2 Å². The maximum absolute atomic E-state index is 12.1. The van der Waals surface area contributed by atoms with Gasteiger partial charge in [0, 0.05) is 26.3 Å². The van der Waals surface area contributed by atoms with Crippen LogP contribution in [0.4, 0.5) is 5.82 Å². The molecule has 24 heavy (non-hydrogen) atoms. The Morgan fingerprint density at radius 1 is 1.17 bits per heavy atom. The van der Waals surface area contributed by atoms with Crippen LogP contribution in [0.2, 0.25) is 0 Å². The first-order valence-electron chi connectivity index (χ1n) is 8.09. The van der Waals surface area contributed by atoms with Gasteiger partial charge >= 0.3 is 0 Å². The van der Waals surface area contributed by atoms with Gasteiger partial charge in [0.25, 0.3) is 5.91 Å². The first-order valence-corrected chi connectivity index (χ1v) is 8.09. The Bertz CT molecular complexity index is 647. The van der Waals surface area contributed by atoms with Crippen LogP contribution in [0.1, 0.15) is 28.3 Å². The van der Waals surface area contributed by atoms with Gasteiger partial charge < -0.3 is 15.4 Å². The smallest absolute Gasteiger partial charge is 0.270 e. The van der Waals surface area contributed by atoms with E-state index < -0.39 is 0 Å². The number of amides is 1. The number of carbonyl (C=O) groups excluding carboxylic acids is 1. The molecule has 2 aromatic rings. The lowest BCUT2D eigenvalue weighted by atomic mass is 10.1. The fourth-order valence-electron chi connectivity index (χ4n) is 2.29. The lowest BCUT2D eigenvalue weighted by Gasteiger charge is -2.09. The van der Waals surface area contributed by atoms with E-state index in [2.05, 4.69) is 32.7 Å². The summed E-state index contributed by atoms with van der Waals surface area (Å²) < 4.78 is 4.92. The third-order valence-electron chi connectivity index (χ3n) is 3.45. The van der Waals surface area contributed by atoms with Crippen LogP contribution in [0.3, 0.4) is 0 Å². The molecule has 0 aliphatic heterocycles. The van der Waals surface area contributed by atoms with E-state index >= 15 is 0 Å². The van der Waals surface area contributed by atoms with Gasteiger partial charge in [-0.2, -0.15) is 0 Å². The van der Waals surface area contributed by atoms with Gasteiger partial charge in [0.2, 0.25) is 0 Å². The average molecular weight is 328 g/mol. The molecule has 0 aliphatic carbocycles. The van der Waals surface area contributed by atoms with Crippen molar-refractivity contribution >= 4 is 11.7 Å². The van der Waals surface area contributed by atoms with Crippen LogP contribution < -0.4 is 10.6 Å². The number of ether oxygens (including phenoxy) is 1. The molecule has 1 amide bonds. The molecular formula is C18H24N4O2. The van der Waals surface area contributed by atoms with Gasteiger partial charge in [-0.15, -0.1) is 0 Å². The Balaban J connectivity index is 1.85. The topological polar surface area (TPSA) is 76.1 Å². The summed E-state index contributed by atoms with van der Waals surface area (Å²) in [5.41, 5.74) is 1.68. The van der Waals surface area contributed by atoms with E-state index in [1.165, 1.54) is 5.56 Å². The number of rotatable bonds is 9. The summed E-state index contributed by atoms with van der Waals surface area (Å²) >= 11 is 0. The minimum atomic E-state index is -0.218. The van der Waals surface area contributed by atoms with Crippen molar-refractivity contribution in [2.24, 2.45) is 0 Å². The van der Waals surface area contributed by atoms with Gasteiger partial charge in [-0.05, 0) is 25.3 Å². The zero-order chi connectivity index (χ0) is 17.2. The largest absolute Gasteiger partial charge is 0.383 e. The summed E-state index contributed by atoms with van der Waals surface area (Å²) in [5.74, 6) is 1.03. The molecule has 0 saturated heterocycles. The second-order valence-corrected chi connectivity index (χ2v) is 5.45. The number of hydrogen-bond acceptors (Lipinski definition) is 5. The summed E-state index contributed by atoms with van der Waals surface area (Å²) in [5, 5.41) is 6.02. The number of benzene rings is 1. The van der Waals surface area contributed by atoms with Gasteiger partial charge in [0.1, 0.15) is 17.3 Å². The summed E-state index contributed by atoms with van der Waals surface area (Å²) in [6, 6.07) is 12.0. The molecule has 1 aromatic heterocycles. The third-order valence-corrected chi connectivity index (χ3v) is 3.45. The number of methoxy groups -OCH3 is 1. The highest BCUT2D eigenvalue weighted by molar-refractivity contribution is 5.92. The molecule has 0 spiro atoms. The number of hydrogen-bond donors (Lipinski definition) is 2. The molecule has 6 nitrogen and oxygen atoms in total. The molecule has 0 unspecified atom stereocenters. The second kappa shape index (κ2) is 9.62. The summed E-state index contributed by atoms with van der Waals surface area (Å²) in [4.78, 5) is 20.6. The van der Waals surface area contributed by atoms with Crippen LogP contribution in [0, 0.1) is 6.92 Å². The van der Waals surface area contributed by atoms with E-state index in [0.29, 0.717) is 30.5 Å². The van der Waals surface area contributed by atoms with E-state index in [-0.39, 0.29) is 5.91 Å². The lowest BCUT2D eigenvalue weighted by molar-refractivity contribution is 0.0931. The number of nitrogens with zero attached hydrogens (tertiary/aromatic N) is 2. The van der Waals surface area contributed by atoms with Crippen molar-refractivity contribution in [3.8, 4) is 0 Å². The van der Waals surface area contributed by atoms with Crippen LogP contribution in [-0.2, 0) is 11.2 Å². The van der Waals surface area contributed by atoms with E-state index in [0.717, 1.165) is 19.4 Å². The van der Waals surface area contributed by atoms with Crippen molar-refractivity contribution in [1.29, 1.82) is 0 Å². The van der Waals surface area contributed by atoms with E-state index in [4.69, 9.17) is 4.74 Å². The first-order chi connectivity index (χ1) is 11.7. The molecule has 0 atom stereocenters. The number of aromatic nitrogens is 2. The van der Waals surface area contributed by atoms with Crippen molar-refractivity contribution in [2.75, 3.05) is 32.1 Å². The molecule has 1 heterocycles. The fraction of sp³-hybridized carbons (Fsp3) is 0.389. The minimum Gasteiger partial charge on any atom is -0.383 e. The third kappa shape index (κ3) is 5.96. The van der Waals surface area contributed by atoms with Gasteiger partial charge in [0.15, 0.2) is 0 Å². The maximum atomic E-state index is 12.1. The Hall–Kier alpha value is -2.47. The molecule has 0 fully saturated rings. The molecular weight excluding hydrogens is 304 g/mol. The van der Waals surface area contributed by atoms with Crippen molar-refractivity contribution in [1.82, 2.24) is 15.3 Å². The van der Waals surface area contributed by atoms with Crippen LogP contribution in [-0.4, -0.2) is 42.7 Å². The average Bonchev–Trinajstić information content (AvgIpc) is 2.59. The monoisotopic (exact) mass is 328 g/mol. The summed E-state index contributed by atoms with van der Waals surface area (Å²) in [6.07, 6.45) is 1.99. The van der Waals surface area contributed by atoms with Crippen molar-refractivity contribution in [2.45, 2.75) is 19.8 Å². The van der Waals surface area contributed by atoms with Gasteiger partial charge in [-0.1, -0.05) is 30.3 Å². The molecule has 0 radical (unpaired) electrons.